The Morgan fingerprint density at radius 3 is 2.73 bits per heavy atom. The van der Waals surface area contributed by atoms with Gasteiger partial charge < -0.3 is 0 Å². The second-order valence-electron chi connectivity index (χ2n) is 3.22. The van der Waals surface area contributed by atoms with Crippen LogP contribution < -0.4 is 0 Å². The Hall–Kier alpha value is -1.97. The third-order valence-electron chi connectivity index (χ3n) is 2.10. The van der Waals surface area contributed by atoms with Crippen LogP contribution in [-0.4, -0.2) is 20.2 Å². The normalized spacial score (nSPS) is 11.0. The monoisotopic (exact) mass is 200 g/mol. The van der Waals surface area contributed by atoms with Crippen LogP contribution in [0.15, 0.2) is 36.4 Å². The first-order valence-corrected chi connectivity index (χ1v) is 4.80. The lowest BCUT2D eigenvalue weighted by atomic mass is 10.2. The summed E-state index contributed by atoms with van der Waals surface area (Å²) in [7, 11) is 0. The van der Waals surface area contributed by atoms with Gasteiger partial charge in [0, 0.05) is 0 Å². The summed E-state index contributed by atoms with van der Waals surface area (Å²) in [5.74, 6) is 0.827. The molecule has 0 fully saturated rings. The quantitative estimate of drug-likeness (QED) is 0.757. The van der Waals surface area contributed by atoms with E-state index in [-0.39, 0.29) is 0 Å². The van der Waals surface area contributed by atoms with Gasteiger partial charge in [-0.3, -0.25) is 0 Å². The first-order chi connectivity index (χ1) is 7.36. The average molecular weight is 200 g/mol. The SMILES string of the molecule is Cc1nnnn1CC=Cc1ccccc1. The minimum Gasteiger partial charge on any atom is -0.226 e. The zero-order valence-corrected chi connectivity index (χ0v) is 8.54. The van der Waals surface area contributed by atoms with Crippen molar-refractivity contribution in [2.45, 2.75) is 13.5 Å². The first kappa shape index (κ1) is 9.58. The zero-order valence-electron chi connectivity index (χ0n) is 8.54. The second kappa shape index (κ2) is 4.50. The molecule has 1 heterocycles. The molecule has 1 aromatic carbocycles. The molecular weight excluding hydrogens is 188 g/mol. The first-order valence-electron chi connectivity index (χ1n) is 4.80. The second-order valence-corrected chi connectivity index (χ2v) is 3.22. The largest absolute Gasteiger partial charge is 0.226 e. The summed E-state index contributed by atoms with van der Waals surface area (Å²) in [6.45, 7) is 2.59. The number of aryl methyl sites for hydroxylation is 1. The van der Waals surface area contributed by atoms with Gasteiger partial charge in [0.25, 0.3) is 0 Å². The van der Waals surface area contributed by atoms with Crippen LogP contribution in [0.5, 0.6) is 0 Å². The van der Waals surface area contributed by atoms with Crippen molar-refractivity contribution in [3.05, 3.63) is 47.8 Å². The molecule has 76 valence electrons. The van der Waals surface area contributed by atoms with E-state index >= 15 is 0 Å². The highest BCUT2D eigenvalue weighted by molar-refractivity contribution is 5.48. The molecule has 0 amide bonds. The van der Waals surface area contributed by atoms with Crippen LogP contribution in [-0.2, 0) is 6.54 Å². The van der Waals surface area contributed by atoms with Gasteiger partial charge in [-0.1, -0.05) is 42.5 Å². The number of aromatic nitrogens is 4. The molecule has 0 saturated carbocycles. The molecule has 0 spiro atoms. The molecule has 0 bridgehead atoms. The Bertz CT molecular complexity index is 445. The minimum absolute atomic E-state index is 0.702. The molecule has 4 heteroatoms. The molecule has 0 saturated heterocycles. The summed E-state index contributed by atoms with van der Waals surface area (Å²) in [5.41, 5.74) is 1.18. The molecule has 0 radical (unpaired) electrons. The van der Waals surface area contributed by atoms with E-state index in [2.05, 4.69) is 33.7 Å². The Labute approximate surface area is 88.2 Å². The maximum Gasteiger partial charge on any atom is 0.148 e. The predicted molar refractivity (Wildman–Crippen MR) is 58.0 cm³/mol. The molecule has 2 aromatic rings. The molecule has 1 aromatic heterocycles. The summed E-state index contributed by atoms with van der Waals surface area (Å²) in [4.78, 5) is 0. The van der Waals surface area contributed by atoms with Crippen molar-refractivity contribution in [2.75, 3.05) is 0 Å². The minimum atomic E-state index is 0.702. The molecule has 2 rings (SSSR count). The van der Waals surface area contributed by atoms with Gasteiger partial charge in [-0.05, 0) is 22.9 Å². The lowest BCUT2D eigenvalue weighted by Gasteiger charge is -1.95. The van der Waals surface area contributed by atoms with Crippen molar-refractivity contribution >= 4 is 6.08 Å². The number of hydrogen-bond acceptors (Lipinski definition) is 3. The molecule has 0 aliphatic rings. The van der Waals surface area contributed by atoms with E-state index in [1.807, 2.05) is 31.2 Å². The van der Waals surface area contributed by atoms with E-state index in [9.17, 15) is 0 Å². The Kier molecular flexibility index (Phi) is 2.88. The number of tetrazole rings is 1. The Balaban J connectivity index is 2.00. The lowest BCUT2D eigenvalue weighted by Crippen LogP contribution is -2.00. The number of nitrogens with zero attached hydrogens (tertiary/aromatic N) is 4. The molecule has 0 N–H and O–H groups in total. The summed E-state index contributed by atoms with van der Waals surface area (Å²) in [6, 6.07) is 10.2. The topological polar surface area (TPSA) is 43.6 Å². The maximum absolute atomic E-state index is 3.85. The van der Waals surface area contributed by atoms with E-state index in [1.165, 1.54) is 5.56 Å². The Morgan fingerprint density at radius 1 is 1.27 bits per heavy atom. The number of allylic oxidation sites excluding steroid dienone is 1. The van der Waals surface area contributed by atoms with E-state index in [0.29, 0.717) is 6.54 Å². The van der Waals surface area contributed by atoms with E-state index < -0.39 is 0 Å². The van der Waals surface area contributed by atoms with Crippen LogP contribution in [0.3, 0.4) is 0 Å². The van der Waals surface area contributed by atoms with Crippen LogP contribution in [0.1, 0.15) is 11.4 Å². The van der Waals surface area contributed by atoms with Crippen LogP contribution in [0.25, 0.3) is 6.08 Å². The zero-order chi connectivity index (χ0) is 10.5. The van der Waals surface area contributed by atoms with Crippen molar-refractivity contribution in [3.63, 3.8) is 0 Å². The third kappa shape index (κ3) is 2.49. The van der Waals surface area contributed by atoms with Crippen molar-refractivity contribution in [1.29, 1.82) is 0 Å². The molecule has 15 heavy (non-hydrogen) atoms. The fourth-order valence-corrected chi connectivity index (χ4v) is 1.27. The summed E-state index contributed by atoms with van der Waals surface area (Å²) in [5, 5.41) is 11.2. The van der Waals surface area contributed by atoms with Gasteiger partial charge in [-0.15, -0.1) is 5.10 Å². The average Bonchev–Trinajstić information content (AvgIpc) is 2.66. The van der Waals surface area contributed by atoms with Crippen LogP contribution in [0.2, 0.25) is 0 Å². The van der Waals surface area contributed by atoms with Gasteiger partial charge in [-0.25, -0.2) is 4.68 Å². The van der Waals surface area contributed by atoms with E-state index in [4.69, 9.17) is 0 Å². The van der Waals surface area contributed by atoms with Crippen LogP contribution in [0, 0.1) is 6.92 Å². The highest BCUT2D eigenvalue weighted by Gasteiger charge is 1.95. The Morgan fingerprint density at radius 2 is 2.07 bits per heavy atom. The van der Waals surface area contributed by atoms with Gasteiger partial charge in [0.05, 0.1) is 6.54 Å². The van der Waals surface area contributed by atoms with Gasteiger partial charge in [0.15, 0.2) is 0 Å². The maximum atomic E-state index is 3.85. The molecule has 0 atom stereocenters. The molecular formula is C11H12N4. The predicted octanol–water partition coefficient (Wildman–Crippen LogP) is 1.69. The smallest absolute Gasteiger partial charge is 0.148 e. The molecule has 0 aliphatic carbocycles. The van der Waals surface area contributed by atoms with Crippen molar-refractivity contribution in [1.82, 2.24) is 20.2 Å². The van der Waals surface area contributed by atoms with Gasteiger partial charge in [0.2, 0.25) is 0 Å². The number of hydrogen-bond donors (Lipinski definition) is 0. The summed E-state index contributed by atoms with van der Waals surface area (Å²) >= 11 is 0. The van der Waals surface area contributed by atoms with Crippen LogP contribution >= 0.6 is 0 Å². The van der Waals surface area contributed by atoms with E-state index in [1.54, 1.807) is 4.68 Å². The molecule has 4 nitrogen and oxygen atoms in total. The lowest BCUT2D eigenvalue weighted by molar-refractivity contribution is 0.646. The molecule has 0 unspecified atom stereocenters. The van der Waals surface area contributed by atoms with Gasteiger partial charge in [0.1, 0.15) is 5.82 Å². The summed E-state index contributed by atoms with van der Waals surface area (Å²) < 4.78 is 1.75. The van der Waals surface area contributed by atoms with Crippen molar-refractivity contribution in [2.24, 2.45) is 0 Å². The fourth-order valence-electron chi connectivity index (χ4n) is 1.27. The number of rotatable bonds is 3. The number of benzene rings is 1. The van der Waals surface area contributed by atoms with E-state index in [0.717, 1.165) is 5.82 Å². The van der Waals surface area contributed by atoms with Gasteiger partial charge >= 0.3 is 0 Å². The summed E-state index contributed by atoms with van der Waals surface area (Å²) in [6.07, 6.45) is 4.10. The fraction of sp³-hybridized carbons (Fsp3) is 0.182. The van der Waals surface area contributed by atoms with Crippen LogP contribution in [0.4, 0.5) is 0 Å². The van der Waals surface area contributed by atoms with Crippen molar-refractivity contribution < 1.29 is 0 Å². The highest BCUT2D eigenvalue weighted by Crippen LogP contribution is 2.01. The van der Waals surface area contributed by atoms with Crippen molar-refractivity contribution in [3.8, 4) is 0 Å². The van der Waals surface area contributed by atoms with Gasteiger partial charge in [-0.2, -0.15) is 0 Å². The third-order valence-corrected chi connectivity index (χ3v) is 2.10. The highest BCUT2D eigenvalue weighted by atomic mass is 15.5. The molecule has 0 aliphatic heterocycles. The standard InChI is InChI=1S/C11H12N4/c1-10-12-13-14-15(10)9-5-8-11-6-3-2-4-7-11/h2-8H,9H2,1H3.